The highest BCUT2D eigenvalue weighted by Crippen LogP contribution is 2.36. The van der Waals surface area contributed by atoms with Crippen molar-refractivity contribution in [1.82, 2.24) is 5.32 Å². The number of hydrogen-bond donors (Lipinski definition) is 2. The van der Waals surface area contributed by atoms with Crippen molar-refractivity contribution < 1.29 is 19.1 Å². The van der Waals surface area contributed by atoms with Crippen LogP contribution in [0.2, 0.25) is 0 Å². The van der Waals surface area contributed by atoms with Crippen LogP contribution in [0.1, 0.15) is 26.7 Å². The Morgan fingerprint density at radius 2 is 1.92 bits per heavy atom. The van der Waals surface area contributed by atoms with Gasteiger partial charge >= 0.3 is 5.97 Å². The van der Waals surface area contributed by atoms with Crippen molar-refractivity contribution in [1.29, 1.82) is 0 Å². The summed E-state index contributed by atoms with van der Waals surface area (Å²) in [5.74, 6) is -1.96. The number of alkyl halides is 1. The Hall–Kier alpha value is -1.13. The second-order valence-corrected chi connectivity index (χ2v) is 3.81. The number of aliphatic carboxylic acids is 1. The molecule has 13 heavy (non-hydrogen) atoms. The summed E-state index contributed by atoms with van der Waals surface area (Å²) in [5.41, 5.74) is -3.22. The standard InChI is InChI=1S/C8H12FNO3/c1-7(2,9)5(11)10-8(3-4-8)6(12)13/h3-4H2,1-2H3,(H,10,11)(H,12,13). The molecule has 0 radical (unpaired) electrons. The third kappa shape index (κ3) is 1.96. The van der Waals surface area contributed by atoms with Gasteiger partial charge in [-0.25, -0.2) is 9.18 Å². The molecule has 0 bridgehead atoms. The molecule has 4 nitrogen and oxygen atoms in total. The molecular weight excluding hydrogens is 177 g/mol. The zero-order chi connectivity index (χ0) is 10.3. The molecule has 2 N–H and O–H groups in total. The van der Waals surface area contributed by atoms with Crippen LogP contribution in [0.25, 0.3) is 0 Å². The number of carboxylic acids is 1. The zero-order valence-corrected chi connectivity index (χ0v) is 7.56. The lowest BCUT2D eigenvalue weighted by atomic mass is 10.1. The quantitative estimate of drug-likeness (QED) is 0.678. The smallest absolute Gasteiger partial charge is 0.329 e. The summed E-state index contributed by atoms with van der Waals surface area (Å²) in [5, 5.41) is 10.9. The molecule has 74 valence electrons. The first-order valence-corrected chi connectivity index (χ1v) is 4.03. The topological polar surface area (TPSA) is 66.4 Å². The molecule has 1 amide bonds. The third-order valence-electron chi connectivity index (χ3n) is 2.05. The highest BCUT2D eigenvalue weighted by molar-refractivity contribution is 5.92. The summed E-state index contributed by atoms with van der Waals surface area (Å²) >= 11 is 0. The van der Waals surface area contributed by atoms with E-state index in [9.17, 15) is 14.0 Å². The Morgan fingerprint density at radius 1 is 1.46 bits per heavy atom. The lowest BCUT2D eigenvalue weighted by molar-refractivity contribution is -0.145. The summed E-state index contributed by atoms with van der Waals surface area (Å²) in [6.45, 7) is 2.19. The van der Waals surface area contributed by atoms with Gasteiger partial charge in [0.25, 0.3) is 5.91 Å². The van der Waals surface area contributed by atoms with Gasteiger partial charge in [-0.2, -0.15) is 0 Å². The van der Waals surface area contributed by atoms with E-state index < -0.39 is 23.1 Å². The van der Waals surface area contributed by atoms with Crippen molar-refractivity contribution in [2.24, 2.45) is 0 Å². The van der Waals surface area contributed by atoms with Crippen molar-refractivity contribution in [3.8, 4) is 0 Å². The van der Waals surface area contributed by atoms with Crippen LogP contribution >= 0.6 is 0 Å². The molecule has 0 aromatic heterocycles. The van der Waals surface area contributed by atoms with E-state index in [0.717, 1.165) is 13.8 Å². The number of nitrogens with one attached hydrogen (secondary N) is 1. The minimum Gasteiger partial charge on any atom is -0.480 e. The lowest BCUT2D eigenvalue weighted by Crippen LogP contribution is -2.49. The van der Waals surface area contributed by atoms with E-state index in [1.807, 2.05) is 0 Å². The van der Waals surface area contributed by atoms with Gasteiger partial charge < -0.3 is 10.4 Å². The molecule has 5 heteroatoms. The largest absolute Gasteiger partial charge is 0.480 e. The number of rotatable bonds is 3. The molecule has 1 saturated carbocycles. The summed E-state index contributed by atoms with van der Waals surface area (Å²) in [6.07, 6.45) is 0.758. The van der Waals surface area contributed by atoms with Gasteiger partial charge in [-0.1, -0.05) is 0 Å². The van der Waals surface area contributed by atoms with E-state index in [4.69, 9.17) is 5.11 Å². The number of carboxylic acid groups (broad SMARTS) is 1. The summed E-state index contributed by atoms with van der Waals surface area (Å²) in [6, 6.07) is 0. The molecule has 1 fully saturated rings. The third-order valence-corrected chi connectivity index (χ3v) is 2.05. The maximum atomic E-state index is 13.0. The van der Waals surface area contributed by atoms with Crippen LogP contribution in [0, 0.1) is 0 Å². The van der Waals surface area contributed by atoms with E-state index >= 15 is 0 Å². The average Bonchev–Trinajstić information content (AvgIpc) is 2.66. The number of carbonyl (C=O) groups excluding carboxylic acids is 1. The van der Waals surface area contributed by atoms with Crippen molar-refractivity contribution in [3.05, 3.63) is 0 Å². The molecule has 0 heterocycles. The van der Waals surface area contributed by atoms with Crippen molar-refractivity contribution >= 4 is 11.9 Å². The van der Waals surface area contributed by atoms with Crippen molar-refractivity contribution in [2.75, 3.05) is 0 Å². The van der Waals surface area contributed by atoms with Gasteiger partial charge in [0, 0.05) is 0 Å². The second-order valence-electron chi connectivity index (χ2n) is 3.81. The van der Waals surface area contributed by atoms with Crippen LogP contribution in [0.5, 0.6) is 0 Å². The molecule has 0 aromatic rings. The monoisotopic (exact) mass is 189 g/mol. The Morgan fingerprint density at radius 3 is 2.15 bits per heavy atom. The van der Waals surface area contributed by atoms with Gasteiger partial charge in [-0.05, 0) is 26.7 Å². The fourth-order valence-electron chi connectivity index (χ4n) is 0.883. The molecule has 1 aliphatic carbocycles. The van der Waals surface area contributed by atoms with E-state index in [1.165, 1.54) is 0 Å². The first-order chi connectivity index (χ1) is 5.78. The van der Waals surface area contributed by atoms with E-state index in [0.29, 0.717) is 12.8 Å². The molecule has 0 unspecified atom stereocenters. The van der Waals surface area contributed by atoms with E-state index in [-0.39, 0.29) is 0 Å². The van der Waals surface area contributed by atoms with Gasteiger partial charge in [0.15, 0.2) is 5.67 Å². The Kier molecular flexibility index (Phi) is 2.05. The van der Waals surface area contributed by atoms with Gasteiger partial charge in [0.2, 0.25) is 0 Å². The SMILES string of the molecule is CC(C)(F)C(=O)NC1(C(=O)O)CC1. The summed E-state index contributed by atoms with van der Waals surface area (Å²) < 4.78 is 13.0. The molecule has 0 spiro atoms. The highest BCUT2D eigenvalue weighted by Gasteiger charge is 2.53. The molecular formula is C8H12FNO3. The van der Waals surface area contributed by atoms with Crippen LogP contribution in [0.4, 0.5) is 4.39 Å². The molecule has 1 rings (SSSR count). The molecule has 0 aliphatic heterocycles. The fourth-order valence-corrected chi connectivity index (χ4v) is 0.883. The summed E-state index contributed by atoms with van der Waals surface area (Å²) in [4.78, 5) is 21.7. The molecule has 1 aliphatic rings. The maximum Gasteiger partial charge on any atom is 0.329 e. The van der Waals surface area contributed by atoms with Crippen LogP contribution < -0.4 is 5.32 Å². The van der Waals surface area contributed by atoms with Gasteiger partial charge in [0.1, 0.15) is 5.54 Å². The highest BCUT2D eigenvalue weighted by atomic mass is 19.1. The van der Waals surface area contributed by atoms with Gasteiger partial charge in [-0.15, -0.1) is 0 Å². The first kappa shape index (κ1) is 9.95. The van der Waals surface area contributed by atoms with E-state index in [1.54, 1.807) is 0 Å². The number of hydrogen-bond acceptors (Lipinski definition) is 2. The minimum absolute atomic E-state index is 0.379. The van der Waals surface area contributed by atoms with Crippen LogP contribution in [-0.4, -0.2) is 28.2 Å². The number of carbonyl (C=O) groups is 2. The second kappa shape index (κ2) is 2.68. The minimum atomic E-state index is -2.02. The molecule has 0 aromatic carbocycles. The molecule has 0 saturated heterocycles. The van der Waals surface area contributed by atoms with Gasteiger partial charge in [0.05, 0.1) is 0 Å². The fraction of sp³-hybridized carbons (Fsp3) is 0.750. The zero-order valence-electron chi connectivity index (χ0n) is 7.56. The Labute approximate surface area is 75.1 Å². The number of halogens is 1. The lowest BCUT2D eigenvalue weighted by Gasteiger charge is -2.18. The summed E-state index contributed by atoms with van der Waals surface area (Å²) in [7, 11) is 0. The Balaban J connectivity index is 2.60. The van der Waals surface area contributed by atoms with Crippen LogP contribution in [0.3, 0.4) is 0 Å². The Bertz CT molecular complexity index is 253. The van der Waals surface area contributed by atoms with Crippen molar-refractivity contribution in [3.63, 3.8) is 0 Å². The maximum absolute atomic E-state index is 13.0. The van der Waals surface area contributed by atoms with Crippen LogP contribution in [0.15, 0.2) is 0 Å². The molecule has 0 atom stereocenters. The predicted molar refractivity (Wildman–Crippen MR) is 42.9 cm³/mol. The predicted octanol–water partition coefficient (Wildman–Crippen LogP) is 0.468. The number of amides is 1. The van der Waals surface area contributed by atoms with Gasteiger partial charge in [-0.3, -0.25) is 4.79 Å². The normalized spacial score (nSPS) is 19.3. The van der Waals surface area contributed by atoms with Crippen molar-refractivity contribution in [2.45, 2.75) is 37.9 Å². The van der Waals surface area contributed by atoms with Crippen LogP contribution in [-0.2, 0) is 9.59 Å². The van der Waals surface area contributed by atoms with E-state index in [2.05, 4.69) is 5.32 Å². The first-order valence-electron chi connectivity index (χ1n) is 4.03. The average molecular weight is 189 g/mol.